The Hall–Kier alpha value is -3.26. The zero-order valence-corrected chi connectivity index (χ0v) is 15.3. The Morgan fingerprint density at radius 1 is 1.04 bits per heavy atom. The van der Waals surface area contributed by atoms with E-state index in [0.29, 0.717) is 16.5 Å². The van der Waals surface area contributed by atoms with Crippen LogP contribution in [-0.4, -0.2) is 36.5 Å². The van der Waals surface area contributed by atoms with Crippen molar-refractivity contribution in [1.29, 1.82) is 0 Å². The van der Waals surface area contributed by atoms with Crippen molar-refractivity contribution in [3.63, 3.8) is 0 Å². The summed E-state index contributed by atoms with van der Waals surface area (Å²) in [6.07, 6.45) is 1.72. The molecule has 0 aliphatic rings. The zero-order chi connectivity index (χ0) is 18.6. The van der Waals surface area contributed by atoms with Gasteiger partial charge in [-0.2, -0.15) is 9.61 Å². The summed E-state index contributed by atoms with van der Waals surface area (Å²) < 4.78 is 1.63. The number of nitrogens with one attached hydrogen (secondary N) is 1. The Labute approximate surface area is 159 Å². The molecule has 8 heteroatoms. The van der Waals surface area contributed by atoms with Crippen LogP contribution in [0.4, 0.5) is 5.69 Å². The fourth-order valence-electron chi connectivity index (χ4n) is 2.47. The Morgan fingerprint density at radius 2 is 1.89 bits per heavy atom. The van der Waals surface area contributed by atoms with Gasteiger partial charge >= 0.3 is 0 Å². The van der Waals surface area contributed by atoms with E-state index in [2.05, 4.69) is 25.6 Å². The third kappa shape index (κ3) is 3.95. The molecule has 1 N–H and O–H groups in total. The number of carbonyl (C=O) groups excluding carboxylic acids is 1. The molecular formula is C19H16N6OS. The van der Waals surface area contributed by atoms with Crippen molar-refractivity contribution >= 4 is 29.0 Å². The van der Waals surface area contributed by atoms with Crippen LogP contribution >= 0.6 is 11.8 Å². The second kappa shape index (κ2) is 7.55. The van der Waals surface area contributed by atoms with Gasteiger partial charge in [0.25, 0.3) is 0 Å². The molecule has 134 valence electrons. The molecule has 0 fully saturated rings. The monoisotopic (exact) mass is 376 g/mol. The van der Waals surface area contributed by atoms with Gasteiger partial charge in [0.05, 0.1) is 11.4 Å². The van der Waals surface area contributed by atoms with Gasteiger partial charge < -0.3 is 5.32 Å². The minimum atomic E-state index is -0.110. The number of hydrogen-bond donors (Lipinski definition) is 1. The summed E-state index contributed by atoms with van der Waals surface area (Å²) in [7, 11) is 0. The van der Waals surface area contributed by atoms with Crippen LogP contribution in [0.5, 0.6) is 0 Å². The topological polar surface area (TPSA) is 85.1 Å². The Kier molecular flexibility index (Phi) is 4.80. The van der Waals surface area contributed by atoms with Gasteiger partial charge in [0.1, 0.15) is 5.69 Å². The molecule has 1 aromatic carbocycles. The molecule has 0 bridgehead atoms. The number of thioether (sulfide) groups is 1. The third-order valence-corrected chi connectivity index (χ3v) is 4.75. The van der Waals surface area contributed by atoms with E-state index in [1.807, 2.05) is 61.5 Å². The summed E-state index contributed by atoms with van der Waals surface area (Å²) >= 11 is 1.29. The number of aryl methyl sites for hydroxylation is 1. The molecule has 0 radical (unpaired) electrons. The van der Waals surface area contributed by atoms with Crippen molar-refractivity contribution in [2.24, 2.45) is 0 Å². The third-order valence-electron chi connectivity index (χ3n) is 3.83. The van der Waals surface area contributed by atoms with Crippen LogP contribution < -0.4 is 5.32 Å². The number of aromatic nitrogens is 5. The lowest BCUT2D eigenvalue weighted by Crippen LogP contribution is -2.14. The van der Waals surface area contributed by atoms with Crippen molar-refractivity contribution in [2.75, 3.05) is 11.1 Å². The second-order valence-electron chi connectivity index (χ2n) is 5.89. The lowest BCUT2D eigenvalue weighted by atomic mass is 10.2. The van der Waals surface area contributed by atoms with E-state index in [1.54, 1.807) is 10.7 Å². The van der Waals surface area contributed by atoms with Crippen molar-refractivity contribution in [3.05, 3.63) is 66.4 Å². The number of rotatable bonds is 5. The molecule has 4 rings (SSSR count). The molecule has 0 aliphatic heterocycles. The van der Waals surface area contributed by atoms with E-state index >= 15 is 0 Å². The highest BCUT2D eigenvalue weighted by molar-refractivity contribution is 7.99. The zero-order valence-electron chi connectivity index (χ0n) is 14.5. The lowest BCUT2D eigenvalue weighted by molar-refractivity contribution is -0.113. The highest BCUT2D eigenvalue weighted by atomic mass is 32.2. The first kappa shape index (κ1) is 17.2. The van der Waals surface area contributed by atoms with Crippen LogP contribution in [0.25, 0.3) is 17.0 Å². The molecule has 0 spiro atoms. The molecule has 0 atom stereocenters. The largest absolute Gasteiger partial charge is 0.325 e. The predicted molar refractivity (Wildman–Crippen MR) is 105 cm³/mol. The van der Waals surface area contributed by atoms with Gasteiger partial charge in [-0.05, 0) is 43.3 Å². The number of anilines is 1. The van der Waals surface area contributed by atoms with Crippen molar-refractivity contribution in [3.8, 4) is 11.4 Å². The standard InChI is InChI=1S/C19H16N6OS/c1-13-5-7-14(8-6-13)21-18(26)12-27-19-23-22-17-10-9-16(24-25(17)19)15-4-2-3-11-20-15/h2-11H,12H2,1H3,(H,21,26). The van der Waals surface area contributed by atoms with Crippen LogP contribution in [0.15, 0.2) is 66.0 Å². The van der Waals surface area contributed by atoms with Gasteiger partial charge in [-0.3, -0.25) is 9.78 Å². The van der Waals surface area contributed by atoms with E-state index < -0.39 is 0 Å². The minimum absolute atomic E-state index is 0.110. The van der Waals surface area contributed by atoms with E-state index in [0.717, 1.165) is 16.9 Å². The molecule has 7 nitrogen and oxygen atoms in total. The maximum Gasteiger partial charge on any atom is 0.234 e. The van der Waals surface area contributed by atoms with Gasteiger partial charge in [0.2, 0.25) is 11.1 Å². The summed E-state index contributed by atoms with van der Waals surface area (Å²) in [6, 6.07) is 17.0. The first-order chi connectivity index (χ1) is 13.2. The number of fused-ring (bicyclic) bond motifs is 1. The molecule has 3 aromatic heterocycles. The summed E-state index contributed by atoms with van der Waals surface area (Å²) in [4.78, 5) is 16.5. The normalized spacial score (nSPS) is 10.9. The fraction of sp³-hybridized carbons (Fsp3) is 0.105. The van der Waals surface area contributed by atoms with Crippen molar-refractivity contribution in [1.82, 2.24) is 24.8 Å². The number of amides is 1. The van der Waals surface area contributed by atoms with Crippen LogP contribution in [0, 0.1) is 6.92 Å². The first-order valence-corrected chi connectivity index (χ1v) is 9.31. The molecule has 0 unspecified atom stereocenters. The average molecular weight is 376 g/mol. The number of carbonyl (C=O) groups is 1. The molecule has 27 heavy (non-hydrogen) atoms. The Bertz CT molecular complexity index is 1080. The van der Waals surface area contributed by atoms with Crippen LogP contribution in [0.3, 0.4) is 0 Å². The van der Waals surface area contributed by atoms with Crippen LogP contribution in [-0.2, 0) is 4.79 Å². The number of hydrogen-bond acceptors (Lipinski definition) is 6. The fourth-order valence-corrected chi connectivity index (χ4v) is 3.16. The first-order valence-electron chi connectivity index (χ1n) is 8.32. The van der Waals surface area contributed by atoms with Gasteiger partial charge in [-0.15, -0.1) is 10.2 Å². The number of benzene rings is 1. The smallest absolute Gasteiger partial charge is 0.234 e. The van der Waals surface area contributed by atoms with Crippen molar-refractivity contribution < 1.29 is 4.79 Å². The summed E-state index contributed by atoms with van der Waals surface area (Å²) in [5, 5.41) is 16.2. The number of pyridine rings is 1. The SMILES string of the molecule is Cc1ccc(NC(=O)CSc2nnc3ccc(-c4ccccn4)nn23)cc1. The van der Waals surface area contributed by atoms with Gasteiger partial charge in [-0.25, -0.2) is 0 Å². The predicted octanol–water partition coefficient (Wildman–Crippen LogP) is 3.23. The summed E-state index contributed by atoms with van der Waals surface area (Å²) in [6.45, 7) is 2.00. The number of nitrogens with zero attached hydrogens (tertiary/aromatic N) is 5. The van der Waals surface area contributed by atoms with Gasteiger partial charge in [0.15, 0.2) is 5.65 Å². The summed E-state index contributed by atoms with van der Waals surface area (Å²) in [5.41, 5.74) is 4.02. The van der Waals surface area contributed by atoms with E-state index in [-0.39, 0.29) is 11.7 Å². The maximum absolute atomic E-state index is 12.2. The van der Waals surface area contributed by atoms with Crippen molar-refractivity contribution in [2.45, 2.75) is 12.1 Å². The molecule has 0 saturated carbocycles. The molecule has 3 heterocycles. The van der Waals surface area contributed by atoms with Gasteiger partial charge in [0, 0.05) is 11.9 Å². The van der Waals surface area contributed by atoms with E-state index in [4.69, 9.17) is 0 Å². The lowest BCUT2D eigenvalue weighted by Gasteiger charge is -2.05. The second-order valence-corrected chi connectivity index (χ2v) is 6.83. The summed E-state index contributed by atoms with van der Waals surface area (Å²) in [5.74, 6) is 0.103. The quantitative estimate of drug-likeness (QED) is 0.538. The molecular weight excluding hydrogens is 360 g/mol. The minimum Gasteiger partial charge on any atom is -0.325 e. The highest BCUT2D eigenvalue weighted by Crippen LogP contribution is 2.19. The van der Waals surface area contributed by atoms with E-state index in [9.17, 15) is 4.79 Å². The van der Waals surface area contributed by atoms with Crippen LogP contribution in [0.1, 0.15) is 5.56 Å². The highest BCUT2D eigenvalue weighted by Gasteiger charge is 2.12. The van der Waals surface area contributed by atoms with Gasteiger partial charge in [-0.1, -0.05) is 35.5 Å². The maximum atomic E-state index is 12.2. The molecule has 1 amide bonds. The molecule has 0 aliphatic carbocycles. The molecule has 0 saturated heterocycles. The van der Waals surface area contributed by atoms with E-state index in [1.165, 1.54) is 11.8 Å². The Morgan fingerprint density at radius 3 is 2.67 bits per heavy atom. The molecule has 4 aromatic rings. The Balaban J connectivity index is 1.48. The van der Waals surface area contributed by atoms with Crippen LogP contribution in [0.2, 0.25) is 0 Å². The average Bonchev–Trinajstić information content (AvgIpc) is 3.11.